The lowest BCUT2D eigenvalue weighted by Gasteiger charge is -2.32. The van der Waals surface area contributed by atoms with E-state index in [1.807, 2.05) is 0 Å². The zero-order valence-corrected chi connectivity index (χ0v) is 15.8. The van der Waals surface area contributed by atoms with E-state index in [2.05, 4.69) is 5.32 Å². The lowest BCUT2D eigenvalue weighted by Crippen LogP contribution is -2.46. The summed E-state index contributed by atoms with van der Waals surface area (Å²) in [6.07, 6.45) is 0. The lowest BCUT2D eigenvalue weighted by molar-refractivity contribution is 0.0393. The molecule has 0 aliphatic carbocycles. The van der Waals surface area contributed by atoms with Crippen molar-refractivity contribution in [1.82, 2.24) is 4.31 Å². The third-order valence-electron chi connectivity index (χ3n) is 4.09. The van der Waals surface area contributed by atoms with Gasteiger partial charge in [0.2, 0.25) is 10.0 Å². The second-order valence-electron chi connectivity index (χ2n) is 6.03. The fourth-order valence-electron chi connectivity index (χ4n) is 2.77. The molecule has 2 aromatic carbocycles. The van der Waals surface area contributed by atoms with E-state index in [1.54, 1.807) is 43.3 Å². The normalized spacial score (nSPS) is 18.5. The van der Waals surface area contributed by atoms with Gasteiger partial charge in [-0.3, -0.25) is 4.79 Å². The number of hydrogen-bond acceptors (Lipinski definition) is 4. The molecule has 1 amide bonds. The van der Waals surface area contributed by atoms with Crippen molar-refractivity contribution in [2.75, 3.05) is 25.1 Å². The fourth-order valence-corrected chi connectivity index (χ4v) is 4.61. The SMILES string of the molecule is CC1COCCN1S(=O)(=O)c1cccc(C(=O)Nc2cccc(Cl)c2)c1. The lowest BCUT2D eigenvalue weighted by atomic mass is 10.2. The van der Waals surface area contributed by atoms with Crippen molar-refractivity contribution in [1.29, 1.82) is 0 Å². The molecule has 1 aliphatic rings. The molecule has 26 heavy (non-hydrogen) atoms. The number of ether oxygens (including phenoxy) is 1. The molecule has 138 valence electrons. The molecule has 8 heteroatoms. The van der Waals surface area contributed by atoms with E-state index in [4.69, 9.17) is 16.3 Å². The van der Waals surface area contributed by atoms with Gasteiger partial charge in [-0.2, -0.15) is 4.31 Å². The number of nitrogens with zero attached hydrogens (tertiary/aromatic N) is 1. The van der Waals surface area contributed by atoms with Gasteiger partial charge in [0.05, 0.1) is 18.1 Å². The number of carbonyl (C=O) groups excluding carboxylic acids is 1. The number of halogens is 1. The number of rotatable bonds is 4. The van der Waals surface area contributed by atoms with Crippen LogP contribution in [-0.4, -0.2) is 44.4 Å². The molecular weight excluding hydrogens is 376 g/mol. The molecule has 1 heterocycles. The number of benzene rings is 2. The predicted octanol–water partition coefficient (Wildman–Crippen LogP) is 3.00. The summed E-state index contributed by atoms with van der Waals surface area (Å²) in [5.41, 5.74) is 0.796. The topological polar surface area (TPSA) is 75.7 Å². The summed E-state index contributed by atoms with van der Waals surface area (Å²) in [6, 6.07) is 12.5. The Bertz CT molecular complexity index is 917. The minimum atomic E-state index is -3.69. The van der Waals surface area contributed by atoms with Gasteiger partial charge in [0, 0.05) is 28.9 Å². The molecule has 0 saturated carbocycles. The Kier molecular flexibility index (Phi) is 5.62. The Balaban J connectivity index is 1.84. The first-order chi connectivity index (χ1) is 12.4. The van der Waals surface area contributed by atoms with E-state index in [0.717, 1.165) is 0 Å². The van der Waals surface area contributed by atoms with Gasteiger partial charge in [-0.1, -0.05) is 23.7 Å². The largest absolute Gasteiger partial charge is 0.378 e. The zero-order chi connectivity index (χ0) is 18.7. The predicted molar refractivity (Wildman–Crippen MR) is 100 cm³/mol. The first kappa shape index (κ1) is 18.8. The van der Waals surface area contributed by atoms with Crippen molar-refractivity contribution in [2.45, 2.75) is 17.9 Å². The maximum Gasteiger partial charge on any atom is 0.255 e. The smallest absolute Gasteiger partial charge is 0.255 e. The minimum absolute atomic E-state index is 0.0880. The highest BCUT2D eigenvalue weighted by atomic mass is 35.5. The van der Waals surface area contributed by atoms with Crippen molar-refractivity contribution >= 4 is 33.2 Å². The molecule has 1 fully saturated rings. The van der Waals surface area contributed by atoms with Crippen LogP contribution in [0.3, 0.4) is 0 Å². The molecule has 1 aliphatic heterocycles. The van der Waals surface area contributed by atoms with Gasteiger partial charge in [-0.05, 0) is 43.3 Å². The van der Waals surface area contributed by atoms with E-state index >= 15 is 0 Å². The Morgan fingerprint density at radius 3 is 2.73 bits per heavy atom. The van der Waals surface area contributed by atoms with E-state index < -0.39 is 15.9 Å². The van der Waals surface area contributed by atoms with Gasteiger partial charge < -0.3 is 10.1 Å². The Hall–Kier alpha value is -1.93. The summed E-state index contributed by atoms with van der Waals surface area (Å²) < 4.78 is 32.5. The first-order valence-corrected chi connectivity index (χ1v) is 9.96. The molecule has 0 aromatic heterocycles. The molecule has 1 N–H and O–H groups in total. The number of amides is 1. The Morgan fingerprint density at radius 2 is 2.00 bits per heavy atom. The van der Waals surface area contributed by atoms with Crippen LogP contribution in [0.4, 0.5) is 5.69 Å². The van der Waals surface area contributed by atoms with Gasteiger partial charge in [-0.25, -0.2) is 8.42 Å². The van der Waals surface area contributed by atoms with Crippen molar-refractivity contribution in [2.24, 2.45) is 0 Å². The molecule has 3 rings (SSSR count). The Morgan fingerprint density at radius 1 is 1.23 bits per heavy atom. The second-order valence-corrected chi connectivity index (χ2v) is 8.36. The van der Waals surface area contributed by atoms with Gasteiger partial charge in [-0.15, -0.1) is 0 Å². The highest BCUT2D eigenvalue weighted by molar-refractivity contribution is 7.89. The van der Waals surface area contributed by atoms with Crippen LogP contribution in [0.15, 0.2) is 53.4 Å². The van der Waals surface area contributed by atoms with Crippen LogP contribution in [0.25, 0.3) is 0 Å². The third-order valence-corrected chi connectivity index (χ3v) is 6.34. The molecule has 2 aromatic rings. The minimum Gasteiger partial charge on any atom is -0.378 e. The van der Waals surface area contributed by atoms with Crippen LogP contribution in [0.2, 0.25) is 5.02 Å². The van der Waals surface area contributed by atoms with Crippen LogP contribution in [0, 0.1) is 0 Å². The Labute approximate surface area is 157 Å². The van der Waals surface area contributed by atoms with E-state index in [9.17, 15) is 13.2 Å². The molecular formula is C18H19ClN2O4S. The summed E-state index contributed by atoms with van der Waals surface area (Å²) in [7, 11) is -3.69. The first-order valence-electron chi connectivity index (χ1n) is 8.14. The third kappa shape index (κ3) is 4.07. The number of sulfonamides is 1. The van der Waals surface area contributed by atoms with Crippen LogP contribution >= 0.6 is 11.6 Å². The molecule has 6 nitrogen and oxygen atoms in total. The van der Waals surface area contributed by atoms with Gasteiger partial charge in [0.15, 0.2) is 0 Å². The number of hydrogen-bond donors (Lipinski definition) is 1. The standard InChI is InChI=1S/C18H19ClN2O4S/c1-13-12-25-9-8-21(13)26(23,24)17-7-2-4-14(10-17)18(22)20-16-6-3-5-15(19)11-16/h2-7,10-11,13H,8-9,12H2,1H3,(H,20,22). The van der Waals surface area contributed by atoms with Gasteiger partial charge >= 0.3 is 0 Å². The van der Waals surface area contributed by atoms with E-state index in [0.29, 0.717) is 30.5 Å². The molecule has 1 atom stereocenters. The van der Waals surface area contributed by atoms with Crippen LogP contribution in [0.1, 0.15) is 17.3 Å². The van der Waals surface area contributed by atoms with E-state index in [1.165, 1.54) is 16.4 Å². The zero-order valence-electron chi connectivity index (χ0n) is 14.2. The highest BCUT2D eigenvalue weighted by Crippen LogP contribution is 2.22. The highest BCUT2D eigenvalue weighted by Gasteiger charge is 2.31. The van der Waals surface area contributed by atoms with E-state index in [-0.39, 0.29) is 16.5 Å². The van der Waals surface area contributed by atoms with Crippen molar-refractivity contribution < 1.29 is 17.9 Å². The van der Waals surface area contributed by atoms with Crippen molar-refractivity contribution in [3.8, 4) is 0 Å². The van der Waals surface area contributed by atoms with Crippen molar-refractivity contribution in [3.63, 3.8) is 0 Å². The summed E-state index contributed by atoms with van der Waals surface area (Å²) in [4.78, 5) is 12.6. The molecule has 0 spiro atoms. The monoisotopic (exact) mass is 394 g/mol. The van der Waals surface area contributed by atoms with Gasteiger partial charge in [0.1, 0.15) is 0 Å². The van der Waals surface area contributed by atoms with Gasteiger partial charge in [0.25, 0.3) is 5.91 Å². The van der Waals surface area contributed by atoms with Crippen LogP contribution < -0.4 is 5.32 Å². The summed E-state index contributed by atoms with van der Waals surface area (Å²) in [5.74, 6) is -0.403. The fraction of sp³-hybridized carbons (Fsp3) is 0.278. The summed E-state index contributed by atoms with van der Waals surface area (Å²) in [5, 5.41) is 3.21. The number of morpholine rings is 1. The maximum absolute atomic E-state index is 12.9. The second kappa shape index (κ2) is 7.75. The van der Waals surface area contributed by atoms with Crippen LogP contribution in [-0.2, 0) is 14.8 Å². The molecule has 1 unspecified atom stereocenters. The quantitative estimate of drug-likeness (QED) is 0.864. The number of anilines is 1. The van der Waals surface area contributed by atoms with Crippen LogP contribution in [0.5, 0.6) is 0 Å². The average molecular weight is 395 g/mol. The molecule has 1 saturated heterocycles. The maximum atomic E-state index is 12.9. The molecule has 0 radical (unpaired) electrons. The number of nitrogens with one attached hydrogen (secondary N) is 1. The average Bonchev–Trinajstić information content (AvgIpc) is 2.62. The number of carbonyl (C=O) groups is 1. The summed E-state index contributed by atoms with van der Waals surface area (Å²) in [6.45, 7) is 2.81. The molecule has 0 bridgehead atoms. The summed E-state index contributed by atoms with van der Waals surface area (Å²) >= 11 is 5.91. The van der Waals surface area contributed by atoms with Crippen molar-refractivity contribution in [3.05, 3.63) is 59.1 Å².